The van der Waals surface area contributed by atoms with Crippen LogP contribution in [-0.2, 0) is 7.05 Å². The average molecular weight is 386 g/mol. The summed E-state index contributed by atoms with van der Waals surface area (Å²) in [5, 5.41) is 10.0. The van der Waals surface area contributed by atoms with Crippen molar-refractivity contribution >= 4 is 17.6 Å². The van der Waals surface area contributed by atoms with Crippen LogP contribution in [0.2, 0.25) is 0 Å². The zero-order valence-electron chi connectivity index (χ0n) is 16.1. The number of rotatable bonds is 3. The van der Waals surface area contributed by atoms with E-state index < -0.39 is 18.1 Å². The predicted molar refractivity (Wildman–Crippen MR) is 97.3 cm³/mol. The highest BCUT2D eigenvalue weighted by Gasteiger charge is 2.49. The molecule has 1 aliphatic heterocycles. The van der Waals surface area contributed by atoms with Gasteiger partial charge in [0, 0.05) is 7.05 Å². The standard InChI is InChI=1S/C17H25F3N6O/c1-8-6-7-11(8)22-14-12(17(18,19)20)9(2)21-16(23-14)24-15-13(27-5)10(3)25-26(15)4/h8-9,11-12H,6-7H2,1-5H3,(H2,21,22,23,24)/t8-,9?,11?,12?/m0/s1. The van der Waals surface area contributed by atoms with Crippen LogP contribution in [0, 0.1) is 18.8 Å². The maximum absolute atomic E-state index is 13.6. The number of hydrogen-bond acceptors (Lipinski definition) is 5. The molecular formula is C17H25F3N6O. The number of amidine groups is 1. The topological polar surface area (TPSA) is 75.8 Å². The molecular weight excluding hydrogens is 361 g/mol. The molecule has 2 N–H and O–H groups in total. The fraction of sp³-hybridized carbons (Fsp3) is 0.706. The Kier molecular flexibility index (Phi) is 5.09. The van der Waals surface area contributed by atoms with Gasteiger partial charge in [0.1, 0.15) is 17.4 Å². The molecule has 150 valence electrons. The van der Waals surface area contributed by atoms with Crippen LogP contribution in [0.5, 0.6) is 5.75 Å². The monoisotopic (exact) mass is 386 g/mol. The van der Waals surface area contributed by atoms with Gasteiger partial charge in [-0.2, -0.15) is 18.3 Å². The summed E-state index contributed by atoms with van der Waals surface area (Å²) in [5.74, 6) is -0.310. The van der Waals surface area contributed by atoms with E-state index in [1.54, 1.807) is 18.7 Å². The summed E-state index contributed by atoms with van der Waals surface area (Å²) in [6.07, 6.45) is -2.63. The van der Waals surface area contributed by atoms with Gasteiger partial charge < -0.3 is 15.4 Å². The van der Waals surface area contributed by atoms with Crippen molar-refractivity contribution in [2.45, 2.75) is 51.9 Å². The van der Waals surface area contributed by atoms with Crippen molar-refractivity contribution in [1.82, 2.24) is 15.1 Å². The Bertz CT molecular complexity index is 769. The van der Waals surface area contributed by atoms with Gasteiger partial charge >= 0.3 is 6.18 Å². The predicted octanol–water partition coefficient (Wildman–Crippen LogP) is 2.87. The van der Waals surface area contributed by atoms with Gasteiger partial charge in [0.2, 0.25) is 5.96 Å². The van der Waals surface area contributed by atoms with Crippen molar-refractivity contribution in [1.29, 1.82) is 0 Å². The first-order valence-electron chi connectivity index (χ1n) is 8.95. The third-order valence-electron chi connectivity index (χ3n) is 5.20. The lowest BCUT2D eigenvalue weighted by Gasteiger charge is -2.35. The summed E-state index contributed by atoms with van der Waals surface area (Å²) in [4.78, 5) is 8.56. The van der Waals surface area contributed by atoms with E-state index in [1.165, 1.54) is 14.0 Å². The van der Waals surface area contributed by atoms with Crippen LogP contribution < -0.4 is 15.4 Å². The quantitative estimate of drug-likeness (QED) is 0.838. The van der Waals surface area contributed by atoms with Crippen LogP contribution in [0.15, 0.2) is 9.98 Å². The van der Waals surface area contributed by atoms with Crippen LogP contribution in [0.3, 0.4) is 0 Å². The molecule has 1 aromatic rings. The molecule has 3 rings (SSSR count). The number of alkyl halides is 3. The highest BCUT2D eigenvalue weighted by Crippen LogP contribution is 2.36. The third kappa shape index (κ3) is 3.74. The van der Waals surface area contributed by atoms with Crippen LogP contribution >= 0.6 is 0 Å². The number of nitrogens with zero attached hydrogens (tertiary/aromatic N) is 4. The molecule has 0 spiro atoms. The normalized spacial score (nSPS) is 29.8. The van der Waals surface area contributed by atoms with Crippen LogP contribution in [-0.4, -0.2) is 46.9 Å². The van der Waals surface area contributed by atoms with Gasteiger partial charge in [0.15, 0.2) is 11.6 Å². The minimum atomic E-state index is -4.42. The summed E-state index contributed by atoms with van der Waals surface area (Å²) in [6, 6.07) is -1.08. The number of anilines is 1. The molecule has 2 heterocycles. The van der Waals surface area contributed by atoms with Crippen LogP contribution in [0.1, 0.15) is 32.4 Å². The van der Waals surface area contributed by atoms with Crippen LogP contribution in [0.4, 0.5) is 19.0 Å². The van der Waals surface area contributed by atoms with E-state index in [1.807, 2.05) is 6.92 Å². The Balaban J connectivity index is 1.92. The number of aryl methyl sites for hydroxylation is 2. The second-order valence-electron chi connectivity index (χ2n) is 7.21. The van der Waals surface area contributed by atoms with Crippen molar-refractivity contribution in [3.8, 4) is 5.75 Å². The molecule has 0 amide bonds. The number of aromatic nitrogens is 2. The zero-order valence-corrected chi connectivity index (χ0v) is 16.1. The number of ether oxygens (including phenoxy) is 1. The van der Waals surface area contributed by atoms with E-state index in [-0.39, 0.29) is 17.8 Å². The van der Waals surface area contributed by atoms with Crippen LogP contribution in [0.25, 0.3) is 0 Å². The minimum absolute atomic E-state index is 0.0816. The Morgan fingerprint density at radius 1 is 1.30 bits per heavy atom. The largest absolute Gasteiger partial charge is 0.491 e. The molecule has 1 fully saturated rings. The number of methoxy groups -OCH3 is 1. The van der Waals surface area contributed by atoms with Crippen molar-refractivity contribution in [3.63, 3.8) is 0 Å². The molecule has 1 aromatic heterocycles. The van der Waals surface area contributed by atoms with E-state index in [0.29, 0.717) is 23.2 Å². The molecule has 10 heteroatoms. The Hall–Kier alpha value is -2.26. The molecule has 0 saturated heterocycles. The van der Waals surface area contributed by atoms with Gasteiger partial charge in [-0.05, 0) is 32.6 Å². The summed E-state index contributed by atoms with van der Waals surface area (Å²) >= 11 is 0. The maximum Gasteiger partial charge on any atom is 0.400 e. The van der Waals surface area contributed by atoms with E-state index >= 15 is 0 Å². The molecule has 0 aromatic carbocycles. The molecule has 0 radical (unpaired) electrons. The summed E-state index contributed by atoms with van der Waals surface area (Å²) in [6.45, 7) is 5.24. The minimum Gasteiger partial charge on any atom is -0.491 e. The average Bonchev–Trinajstić information content (AvgIpc) is 2.82. The second kappa shape index (κ2) is 7.05. The lowest BCUT2D eigenvalue weighted by atomic mass is 9.81. The van der Waals surface area contributed by atoms with Crippen molar-refractivity contribution in [2.24, 2.45) is 28.9 Å². The van der Waals surface area contributed by atoms with Gasteiger partial charge in [-0.25, -0.2) is 9.67 Å². The van der Waals surface area contributed by atoms with Crippen molar-refractivity contribution in [2.75, 3.05) is 12.4 Å². The Morgan fingerprint density at radius 3 is 2.52 bits per heavy atom. The van der Waals surface area contributed by atoms with Gasteiger partial charge in [0.25, 0.3) is 0 Å². The highest BCUT2D eigenvalue weighted by molar-refractivity contribution is 6.09. The number of halogens is 3. The molecule has 7 nitrogen and oxygen atoms in total. The molecule has 4 atom stereocenters. The number of nitrogens with one attached hydrogen (secondary N) is 2. The van der Waals surface area contributed by atoms with E-state index in [2.05, 4.69) is 25.7 Å². The van der Waals surface area contributed by atoms with Gasteiger partial charge in [-0.3, -0.25) is 4.99 Å². The maximum atomic E-state index is 13.6. The Morgan fingerprint density at radius 2 is 2.00 bits per heavy atom. The molecule has 1 saturated carbocycles. The zero-order chi connectivity index (χ0) is 19.9. The molecule has 27 heavy (non-hydrogen) atoms. The fourth-order valence-corrected chi connectivity index (χ4v) is 3.50. The lowest BCUT2D eigenvalue weighted by Crippen LogP contribution is -2.54. The van der Waals surface area contributed by atoms with Gasteiger partial charge in [-0.15, -0.1) is 0 Å². The third-order valence-corrected chi connectivity index (χ3v) is 5.20. The smallest absolute Gasteiger partial charge is 0.400 e. The summed E-state index contributed by atoms with van der Waals surface area (Å²) in [7, 11) is 3.23. The van der Waals surface area contributed by atoms with E-state index in [4.69, 9.17) is 4.74 Å². The lowest BCUT2D eigenvalue weighted by molar-refractivity contribution is -0.159. The van der Waals surface area contributed by atoms with Gasteiger partial charge in [0.05, 0.1) is 19.2 Å². The SMILES string of the molecule is COc1c(C)nn(C)c1NC1=NC(C)C(C(F)(F)F)C(=NC2CC[C@@H]2C)N1. The van der Waals surface area contributed by atoms with Crippen molar-refractivity contribution < 1.29 is 17.9 Å². The molecule has 0 bridgehead atoms. The van der Waals surface area contributed by atoms with E-state index in [9.17, 15) is 13.2 Å². The first-order chi connectivity index (χ1) is 12.6. The first kappa shape index (κ1) is 19.5. The second-order valence-corrected chi connectivity index (χ2v) is 7.21. The number of hydrogen-bond donors (Lipinski definition) is 2. The summed E-state index contributed by atoms with van der Waals surface area (Å²) in [5.41, 5.74) is 0.664. The van der Waals surface area contributed by atoms with E-state index in [0.717, 1.165) is 12.8 Å². The Labute approximate surface area is 156 Å². The molecule has 1 aliphatic carbocycles. The van der Waals surface area contributed by atoms with Gasteiger partial charge in [-0.1, -0.05) is 6.92 Å². The number of guanidine groups is 1. The summed E-state index contributed by atoms with van der Waals surface area (Å²) < 4.78 is 47.7. The highest BCUT2D eigenvalue weighted by atomic mass is 19.4. The number of aliphatic imine (C=N–C) groups is 2. The molecule has 2 aliphatic rings. The molecule has 3 unspecified atom stereocenters. The first-order valence-corrected chi connectivity index (χ1v) is 8.95. The fourth-order valence-electron chi connectivity index (χ4n) is 3.50. The van der Waals surface area contributed by atoms with Crippen molar-refractivity contribution in [3.05, 3.63) is 5.69 Å².